The largest absolute Gasteiger partial charge is 0.385 e. The fourth-order valence-electron chi connectivity index (χ4n) is 3.22. The molecule has 3 aromatic carbocycles. The smallest absolute Gasteiger partial charge is 0.0340 e. The molecule has 0 aliphatic heterocycles. The van der Waals surface area contributed by atoms with Crippen LogP contribution in [0.25, 0.3) is 0 Å². The summed E-state index contributed by atoms with van der Waals surface area (Å²) in [5.74, 6) is 0.243. The Balaban J connectivity index is 1.98. The lowest BCUT2D eigenvalue weighted by molar-refractivity contribution is 0.977. The van der Waals surface area contributed by atoms with E-state index in [1.54, 1.807) is 0 Å². The van der Waals surface area contributed by atoms with Gasteiger partial charge in [-0.25, -0.2) is 0 Å². The van der Waals surface area contributed by atoms with Gasteiger partial charge in [-0.15, -0.1) is 0 Å². The molecular formula is C23H26N2. The van der Waals surface area contributed by atoms with Crippen LogP contribution in [-0.2, 0) is 0 Å². The molecule has 0 bridgehead atoms. The summed E-state index contributed by atoms with van der Waals surface area (Å²) in [6, 6.07) is 28.3. The summed E-state index contributed by atoms with van der Waals surface area (Å²) in [4.78, 5) is 0. The molecule has 3 aromatic rings. The number of hydrogen-bond donors (Lipinski definition) is 2. The van der Waals surface area contributed by atoms with Crippen LogP contribution in [0.1, 0.15) is 36.5 Å². The predicted octanol–water partition coefficient (Wildman–Crippen LogP) is 5.73. The summed E-state index contributed by atoms with van der Waals surface area (Å²) < 4.78 is 0. The van der Waals surface area contributed by atoms with Crippen molar-refractivity contribution in [1.82, 2.24) is 0 Å². The highest BCUT2D eigenvalue weighted by molar-refractivity contribution is 5.52. The molecule has 25 heavy (non-hydrogen) atoms. The second-order valence-corrected chi connectivity index (χ2v) is 6.15. The highest BCUT2D eigenvalue weighted by atomic mass is 14.9. The van der Waals surface area contributed by atoms with Gasteiger partial charge in [0.25, 0.3) is 0 Å². The Bertz CT molecular complexity index is 712. The molecule has 2 nitrogen and oxygen atoms in total. The minimum absolute atomic E-state index is 0.243. The average Bonchev–Trinajstić information content (AvgIpc) is 2.66. The molecule has 0 radical (unpaired) electrons. The van der Waals surface area contributed by atoms with E-state index in [9.17, 15) is 0 Å². The van der Waals surface area contributed by atoms with Crippen molar-refractivity contribution < 1.29 is 0 Å². The zero-order valence-corrected chi connectivity index (χ0v) is 15.0. The highest BCUT2D eigenvalue weighted by Crippen LogP contribution is 2.33. The van der Waals surface area contributed by atoms with Crippen LogP contribution in [0.4, 0.5) is 11.4 Å². The van der Waals surface area contributed by atoms with Gasteiger partial charge in [0, 0.05) is 30.4 Å². The first-order valence-electron chi connectivity index (χ1n) is 9.04. The van der Waals surface area contributed by atoms with E-state index in [-0.39, 0.29) is 5.92 Å². The Kier molecular flexibility index (Phi) is 5.73. The molecular weight excluding hydrogens is 304 g/mol. The van der Waals surface area contributed by atoms with Crippen LogP contribution in [0.2, 0.25) is 0 Å². The summed E-state index contributed by atoms with van der Waals surface area (Å²) in [6.07, 6.45) is 0. The fourth-order valence-corrected chi connectivity index (χ4v) is 3.22. The third-order valence-electron chi connectivity index (χ3n) is 4.38. The van der Waals surface area contributed by atoms with E-state index in [0.29, 0.717) is 0 Å². The van der Waals surface area contributed by atoms with Crippen molar-refractivity contribution >= 4 is 11.4 Å². The van der Waals surface area contributed by atoms with Gasteiger partial charge in [0.05, 0.1) is 0 Å². The summed E-state index contributed by atoms with van der Waals surface area (Å²) in [6.45, 7) is 6.11. The summed E-state index contributed by atoms with van der Waals surface area (Å²) >= 11 is 0. The van der Waals surface area contributed by atoms with E-state index in [1.807, 2.05) is 0 Å². The van der Waals surface area contributed by atoms with Gasteiger partial charge in [-0.05, 0) is 54.8 Å². The van der Waals surface area contributed by atoms with Gasteiger partial charge >= 0.3 is 0 Å². The molecule has 0 aliphatic rings. The SMILES string of the molecule is CCNc1ccc(C(c2ccccc2)c2ccc(NCC)cc2)cc1. The van der Waals surface area contributed by atoms with E-state index in [2.05, 4.69) is 103 Å². The van der Waals surface area contributed by atoms with Gasteiger partial charge in [0.1, 0.15) is 0 Å². The van der Waals surface area contributed by atoms with Crippen LogP contribution in [0, 0.1) is 0 Å². The van der Waals surface area contributed by atoms with Gasteiger partial charge < -0.3 is 10.6 Å². The Hall–Kier alpha value is -2.74. The maximum absolute atomic E-state index is 3.37. The lowest BCUT2D eigenvalue weighted by Crippen LogP contribution is -2.04. The molecule has 2 N–H and O–H groups in total. The predicted molar refractivity (Wildman–Crippen MR) is 109 cm³/mol. The molecule has 0 heterocycles. The normalized spacial score (nSPS) is 10.7. The van der Waals surface area contributed by atoms with Crippen molar-refractivity contribution in [1.29, 1.82) is 0 Å². The van der Waals surface area contributed by atoms with Crippen LogP contribution < -0.4 is 10.6 Å². The van der Waals surface area contributed by atoms with Crippen molar-refractivity contribution in [2.45, 2.75) is 19.8 Å². The minimum Gasteiger partial charge on any atom is -0.385 e. The summed E-state index contributed by atoms with van der Waals surface area (Å²) in [7, 11) is 0. The molecule has 0 amide bonds. The molecule has 0 atom stereocenters. The van der Waals surface area contributed by atoms with Crippen LogP contribution in [0.15, 0.2) is 78.9 Å². The van der Waals surface area contributed by atoms with E-state index < -0.39 is 0 Å². The first-order chi connectivity index (χ1) is 12.3. The monoisotopic (exact) mass is 330 g/mol. The van der Waals surface area contributed by atoms with Crippen LogP contribution in [0.5, 0.6) is 0 Å². The molecule has 0 aromatic heterocycles. The van der Waals surface area contributed by atoms with E-state index >= 15 is 0 Å². The van der Waals surface area contributed by atoms with Gasteiger partial charge in [0.2, 0.25) is 0 Å². The van der Waals surface area contributed by atoms with Crippen molar-refractivity contribution in [2.24, 2.45) is 0 Å². The Morgan fingerprint density at radius 3 is 1.36 bits per heavy atom. The quantitative estimate of drug-likeness (QED) is 0.541. The minimum atomic E-state index is 0.243. The Labute approximate surface area is 150 Å². The number of anilines is 2. The molecule has 0 saturated heterocycles. The molecule has 2 heteroatoms. The van der Waals surface area contributed by atoms with Gasteiger partial charge in [-0.2, -0.15) is 0 Å². The zero-order valence-electron chi connectivity index (χ0n) is 15.0. The lowest BCUT2D eigenvalue weighted by atomic mass is 9.85. The standard InChI is InChI=1S/C23H26N2/c1-3-24-21-14-10-19(11-15-21)23(18-8-6-5-7-9-18)20-12-16-22(17-13-20)25-4-2/h5-17,23-25H,3-4H2,1-2H3. The van der Waals surface area contributed by atoms with Crippen molar-refractivity contribution in [3.8, 4) is 0 Å². The second-order valence-electron chi connectivity index (χ2n) is 6.15. The fraction of sp³-hybridized carbons (Fsp3) is 0.217. The molecule has 0 saturated carbocycles. The summed E-state index contributed by atoms with van der Waals surface area (Å²) in [5, 5.41) is 6.73. The topological polar surface area (TPSA) is 24.1 Å². The number of rotatable bonds is 7. The lowest BCUT2D eigenvalue weighted by Gasteiger charge is -2.20. The second kappa shape index (κ2) is 8.39. The first kappa shape index (κ1) is 17.1. The van der Waals surface area contributed by atoms with Crippen LogP contribution in [-0.4, -0.2) is 13.1 Å². The number of nitrogens with one attached hydrogen (secondary N) is 2. The van der Waals surface area contributed by atoms with Crippen LogP contribution in [0.3, 0.4) is 0 Å². The Morgan fingerprint density at radius 1 is 0.560 bits per heavy atom. The van der Waals surface area contributed by atoms with Gasteiger partial charge in [0.15, 0.2) is 0 Å². The number of benzene rings is 3. The molecule has 128 valence electrons. The molecule has 0 spiro atoms. The maximum Gasteiger partial charge on any atom is 0.0340 e. The van der Waals surface area contributed by atoms with E-state index in [4.69, 9.17) is 0 Å². The van der Waals surface area contributed by atoms with Crippen molar-refractivity contribution in [3.05, 3.63) is 95.6 Å². The average molecular weight is 330 g/mol. The van der Waals surface area contributed by atoms with Crippen molar-refractivity contribution in [2.75, 3.05) is 23.7 Å². The zero-order chi connectivity index (χ0) is 17.5. The maximum atomic E-state index is 3.37. The van der Waals surface area contributed by atoms with E-state index in [0.717, 1.165) is 13.1 Å². The third kappa shape index (κ3) is 4.21. The third-order valence-corrected chi connectivity index (χ3v) is 4.38. The summed E-state index contributed by atoms with van der Waals surface area (Å²) in [5.41, 5.74) is 6.27. The van der Waals surface area contributed by atoms with E-state index in [1.165, 1.54) is 28.1 Å². The number of hydrogen-bond acceptors (Lipinski definition) is 2. The van der Waals surface area contributed by atoms with Gasteiger partial charge in [-0.1, -0.05) is 54.6 Å². The Morgan fingerprint density at radius 2 is 0.960 bits per heavy atom. The molecule has 0 fully saturated rings. The van der Waals surface area contributed by atoms with Crippen LogP contribution >= 0.6 is 0 Å². The molecule has 0 aliphatic carbocycles. The molecule has 0 unspecified atom stereocenters. The molecule has 3 rings (SSSR count). The first-order valence-corrected chi connectivity index (χ1v) is 9.04. The van der Waals surface area contributed by atoms with Gasteiger partial charge in [-0.3, -0.25) is 0 Å². The highest BCUT2D eigenvalue weighted by Gasteiger charge is 2.16. The van der Waals surface area contributed by atoms with Crippen molar-refractivity contribution in [3.63, 3.8) is 0 Å².